The first kappa shape index (κ1) is 14.9. The van der Waals surface area contributed by atoms with E-state index >= 15 is 0 Å². The number of likely N-dealkylation sites (N-methyl/N-ethyl adjacent to an activating group) is 1. The van der Waals surface area contributed by atoms with E-state index in [2.05, 4.69) is 20.2 Å². The number of nitrogens with zero attached hydrogens (tertiary/aromatic N) is 4. The van der Waals surface area contributed by atoms with E-state index in [4.69, 9.17) is 13.9 Å². The molecular formula is C16H19N5O3. The van der Waals surface area contributed by atoms with Crippen molar-refractivity contribution in [3.63, 3.8) is 0 Å². The van der Waals surface area contributed by atoms with Gasteiger partial charge in [-0.2, -0.15) is 10.1 Å². The molecule has 0 radical (unpaired) electrons. The molecule has 3 heterocycles. The van der Waals surface area contributed by atoms with Crippen LogP contribution in [-0.4, -0.2) is 53.6 Å². The highest BCUT2D eigenvalue weighted by atomic mass is 16.5. The van der Waals surface area contributed by atoms with Gasteiger partial charge in [-0.15, -0.1) is 0 Å². The molecule has 24 heavy (non-hydrogen) atoms. The number of fused-ring (bicyclic) bond motifs is 1. The van der Waals surface area contributed by atoms with Gasteiger partial charge in [0.25, 0.3) is 6.01 Å². The van der Waals surface area contributed by atoms with Crippen LogP contribution in [0.3, 0.4) is 0 Å². The first-order valence-corrected chi connectivity index (χ1v) is 7.87. The summed E-state index contributed by atoms with van der Waals surface area (Å²) in [6.07, 6.45) is 2.48. The van der Waals surface area contributed by atoms with Gasteiger partial charge in [0.15, 0.2) is 5.58 Å². The van der Waals surface area contributed by atoms with Crippen molar-refractivity contribution in [2.75, 3.05) is 32.2 Å². The molecular weight excluding hydrogens is 310 g/mol. The minimum absolute atomic E-state index is 0.0208. The normalized spacial score (nSPS) is 20.6. The molecule has 1 aliphatic rings. The van der Waals surface area contributed by atoms with Crippen molar-refractivity contribution in [2.24, 2.45) is 0 Å². The molecule has 0 saturated carbocycles. The van der Waals surface area contributed by atoms with Crippen LogP contribution in [0.15, 0.2) is 28.9 Å². The van der Waals surface area contributed by atoms with E-state index in [1.807, 2.05) is 30.1 Å². The number of methoxy groups -OCH3 is 1. The zero-order valence-electron chi connectivity index (χ0n) is 13.6. The van der Waals surface area contributed by atoms with Gasteiger partial charge in [0, 0.05) is 32.2 Å². The molecule has 1 N–H and O–H groups in total. The number of nitrogens with one attached hydrogen (secondary N) is 1. The largest absolute Gasteiger partial charge is 0.497 e. The molecule has 0 bridgehead atoms. The number of anilines is 1. The van der Waals surface area contributed by atoms with Gasteiger partial charge in [-0.1, -0.05) is 0 Å². The van der Waals surface area contributed by atoms with E-state index in [0.717, 1.165) is 29.1 Å². The Morgan fingerprint density at radius 2 is 2.33 bits per heavy atom. The molecule has 0 unspecified atom stereocenters. The lowest BCUT2D eigenvalue weighted by Gasteiger charge is -2.22. The second-order valence-corrected chi connectivity index (χ2v) is 5.89. The lowest BCUT2D eigenvalue weighted by Crippen LogP contribution is -2.32. The van der Waals surface area contributed by atoms with Crippen LogP contribution in [0, 0.1) is 0 Å². The summed E-state index contributed by atoms with van der Waals surface area (Å²) in [5.41, 5.74) is 1.51. The molecule has 8 heteroatoms. The second-order valence-electron chi connectivity index (χ2n) is 5.89. The summed E-state index contributed by atoms with van der Waals surface area (Å²) in [5.74, 6) is 1.84. The molecule has 4 rings (SSSR count). The maximum absolute atomic E-state index is 5.87. The summed E-state index contributed by atoms with van der Waals surface area (Å²) < 4.78 is 16.9. The summed E-state index contributed by atoms with van der Waals surface area (Å²) in [5, 5.41) is 6.88. The van der Waals surface area contributed by atoms with Crippen molar-refractivity contribution < 1.29 is 13.9 Å². The molecule has 2 aromatic heterocycles. The Labute approximate surface area is 138 Å². The Hall–Kier alpha value is -2.61. The summed E-state index contributed by atoms with van der Waals surface area (Å²) in [6, 6.07) is 6.14. The highest BCUT2D eigenvalue weighted by Gasteiger charge is 2.33. The topological polar surface area (TPSA) is 89.3 Å². The Morgan fingerprint density at radius 3 is 3.12 bits per heavy atom. The van der Waals surface area contributed by atoms with E-state index < -0.39 is 0 Å². The van der Waals surface area contributed by atoms with E-state index in [9.17, 15) is 0 Å². The van der Waals surface area contributed by atoms with Gasteiger partial charge in [-0.05, 0) is 18.6 Å². The number of aromatic nitrogens is 4. The van der Waals surface area contributed by atoms with Crippen LogP contribution >= 0.6 is 0 Å². The Bertz CT molecular complexity index is 816. The quantitative estimate of drug-likeness (QED) is 0.765. The fourth-order valence-electron chi connectivity index (χ4n) is 3.07. The smallest absolute Gasteiger partial charge is 0.298 e. The van der Waals surface area contributed by atoms with E-state index in [-0.39, 0.29) is 12.0 Å². The van der Waals surface area contributed by atoms with Crippen LogP contribution in [0.2, 0.25) is 0 Å². The van der Waals surface area contributed by atoms with Crippen LogP contribution in [0.25, 0.3) is 11.1 Å². The minimum atomic E-state index is 0.0208. The number of benzene rings is 1. The number of rotatable bonds is 5. The number of hydrogen-bond donors (Lipinski definition) is 1. The van der Waals surface area contributed by atoms with Gasteiger partial charge in [-0.25, -0.2) is 4.98 Å². The SMILES string of the molecule is COc1ccc2oc(N(C)C[C@H]3OCC[C@H]3c3ncn[nH]3)nc2c1. The van der Waals surface area contributed by atoms with Crippen molar-refractivity contribution in [3.8, 4) is 5.75 Å². The van der Waals surface area contributed by atoms with Gasteiger partial charge in [-0.3, -0.25) is 5.10 Å². The van der Waals surface area contributed by atoms with Gasteiger partial charge < -0.3 is 18.8 Å². The molecule has 0 amide bonds. The Balaban J connectivity index is 1.52. The summed E-state index contributed by atoms with van der Waals surface area (Å²) in [6.45, 7) is 1.38. The van der Waals surface area contributed by atoms with E-state index in [1.165, 1.54) is 6.33 Å². The maximum atomic E-state index is 5.87. The molecule has 0 spiro atoms. The van der Waals surface area contributed by atoms with Crippen LogP contribution in [0.5, 0.6) is 5.75 Å². The number of aromatic amines is 1. The standard InChI is InChI=1S/C16H19N5O3/c1-21(8-14-11(5-6-23-14)15-17-9-18-20-15)16-19-12-7-10(22-2)3-4-13(12)24-16/h3-4,7,9,11,14H,5-6,8H2,1-2H3,(H,17,18,20)/t11-,14-/m1/s1. The van der Waals surface area contributed by atoms with Crippen molar-refractivity contribution in [3.05, 3.63) is 30.4 Å². The summed E-state index contributed by atoms with van der Waals surface area (Å²) >= 11 is 0. The van der Waals surface area contributed by atoms with Crippen LogP contribution < -0.4 is 9.64 Å². The lowest BCUT2D eigenvalue weighted by atomic mass is 10.0. The Kier molecular flexibility index (Phi) is 3.81. The van der Waals surface area contributed by atoms with Gasteiger partial charge in [0.2, 0.25) is 0 Å². The number of oxazole rings is 1. The molecule has 2 atom stereocenters. The van der Waals surface area contributed by atoms with Crippen molar-refractivity contribution in [1.82, 2.24) is 20.2 Å². The minimum Gasteiger partial charge on any atom is -0.497 e. The molecule has 126 valence electrons. The third-order valence-electron chi connectivity index (χ3n) is 4.36. The third-order valence-corrected chi connectivity index (χ3v) is 4.36. The number of hydrogen-bond acceptors (Lipinski definition) is 7. The van der Waals surface area contributed by atoms with Crippen LogP contribution in [0.1, 0.15) is 18.2 Å². The zero-order chi connectivity index (χ0) is 16.5. The highest BCUT2D eigenvalue weighted by Crippen LogP contribution is 2.31. The second kappa shape index (κ2) is 6.12. The third kappa shape index (κ3) is 2.69. The molecule has 1 aromatic carbocycles. The number of ether oxygens (including phenoxy) is 2. The maximum Gasteiger partial charge on any atom is 0.298 e. The number of H-pyrrole nitrogens is 1. The van der Waals surface area contributed by atoms with Gasteiger partial charge >= 0.3 is 0 Å². The molecule has 1 aliphatic heterocycles. The van der Waals surface area contributed by atoms with E-state index in [1.54, 1.807) is 7.11 Å². The Morgan fingerprint density at radius 1 is 1.42 bits per heavy atom. The van der Waals surface area contributed by atoms with Gasteiger partial charge in [0.05, 0.1) is 13.2 Å². The molecule has 1 saturated heterocycles. The average Bonchev–Trinajstić information content (AvgIpc) is 3.33. The highest BCUT2D eigenvalue weighted by molar-refractivity contribution is 5.76. The van der Waals surface area contributed by atoms with Crippen LogP contribution in [-0.2, 0) is 4.74 Å². The summed E-state index contributed by atoms with van der Waals surface area (Å²) in [4.78, 5) is 10.8. The predicted molar refractivity (Wildman–Crippen MR) is 87.3 cm³/mol. The first-order valence-electron chi connectivity index (χ1n) is 7.87. The van der Waals surface area contributed by atoms with E-state index in [0.29, 0.717) is 19.2 Å². The van der Waals surface area contributed by atoms with Gasteiger partial charge in [0.1, 0.15) is 23.4 Å². The molecule has 8 nitrogen and oxygen atoms in total. The fraction of sp³-hybridized carbons (Fsp3) is 0.438. The molecule has 1 fully saturated rings. The summed E-state index contributed by atoms with van der Waals surface area (Å²) in [7, 11) is 3.58. The fourth-order valence-corrected chi connectivity index (χ4v) is 3.07. The zero-order valence-corrected chi connectivity index (χ0v) is 13.6. The monoisotopic (exact) mass is 329 g/mol. The first-order chi connectivity index (χ1) is 11.7. The predicted octanol–water partition coefficient (Wildman–Crippen LogP) is 1.96. The molecule has 3 aromatic rings. The van der Waals surface area contributed by atoms with Crippen molar-refractivity contribution in [2.45, 2.75) is 18.4 Å². The van der Waals surface area contributed by atoms with Crippen molar-refractivity contribution in [1.29, 1.82) is 0 Å². The van der Waals surface area contributed by atoms with Crippen LogP contribution in [0.4, 0.5) is 6.01 Å². The average molecular weight is 329 g/mol. The molecule has 0 aliphatic carbocycles. The lowest BCUT2D eigenvalue weighted by molar-refractivity contribution is 0.107. The van der Waals surface area contributed by atoms with Crippen molar-refractivity contribution >= 4 is 17.1 Å².